The summed E-state index contributed by atoms with van der Waals surface area (Å²) in [7, 11) is 0. The van der Waals surface area contributed by atoms with Crippen LogP contribution in [0.25, 0.3) is 0 Å². The molecule has 0 aliphatic carbocycles. The fourth-order valence-corrected chi connectivity index (χ4v) is 2.78. The molecule has 27 heavy (non-hydrogen) atoms. The van der Waals surface area contributed by atoms with E-state index in [1.807, 2.05) is 24.3 Å². The maximum absolute atomic E-state index is 14.2. The van der Waals surface area contributed by atoms with Gasteiger partial charge in [0.05, 0.1) is 6.61 Å². The number of ether oxygens (including phenoxy) is 1. The topological polar surface area (TPSA) is 21.6 Å². The zero-order chi connectivity index (χ0) is 19.5. The van der Waals surface area contributed by atoms with Crippen molar-refractivity contribution < 1.29 is 13.5 Å². The molecule has 0 saturated heterocycles. The summed E-state index contributed by atoms with van der Waals surface area (Å²) in [6.45, 7) is 4.66. The molecule has 0 radical (unpaired) electrons. The van der Waals surface area contributed by atoms with Gasteiger partial charge in [-0.15, -0.1) is 0 Å². The third-order valence-electron chi connectivity index (χ3n) is 4.52. The summed E-state index contributed by atoms with van der Waals surface area (Å²) in [6, 6.07) is 10.7. The molecule has 0 heterocycles. The zero-order valence-electron chi connectivity index (χ0n) is 16.3. The van der Waals surface area contributed by atoms with E-state index >= 15 is 0 Å². The maximum atomic E-state index is 14.2. The molecule has 0 saturated carbocycles. The fraction of sp³-hybridized carbons (Fsp3) is 0.435. The Morgan fingerprint density at radius 1 is 0.852 bits per heavy atom. The van der Waals surface area contributed by atoms with Crippen LogP contribution in [0.4, 0.5) is 14.5 Å². The number of benzene rings is 2. The van der Waals surface area contributed by atoms with Crippen molar-refractivity contribution in [1.82, 2.24) is 0 Å². The quantitative estimate of drug-likeness (QED) is 0.306. The van der Waals surface area contributed by atoms with Crippen molar-refractivity contribution >= 4 is 11.9 Å². The van der Waals surface area contributed by atoms with Gasteiger partial charge in [-0.25, -0.2) is 4.39 Å². The van der Waals surface area contributed by atoms with Gasteiger partial charge in [0.25, 0.3) is 0 Å². The van der Waals surface area contributed by atoms with Gasteiger partial charge in [0, 0.05) is 6.21 Å². The van der Waals surface area contributed by atoms with Crippen molar-refractivity contribution in [2.24, 2.45) is 4.99 Å². The van der Waals surface area contributed by atoms with Crippen molar-refractivity contribution in [3.05, 3.63) is 59.2 Å². The van der Waals surface area contributed by atoms with E-state index in [9.17, 15) is 8.78 Å². The fourth-order valence-electron chi connectivity index (χ4n) is 2.78. The smallest absolute Gasteiger partial charge is 0.202 e. The van der Waals surface area contributed by atoms with Crippen molar-refractivity contribution in [1.29, 1.82) is 0 Å². The minimum absolute atomic E-state index is 0.0287. The number of rotatable bonds is 11. The highest BCUT2D eigenvalue weighted by molar-refractivity contribution is 5.82. The molecule has 2 nitrogen and oxygen atoms in total. The molecule has 0 spiro atoms. The van der Waals surface area contributed by atoms with E-state index in [2.05, 4.69) is 18.8 Å². The van der Waals surface area contributed by atoms with Crippen molar-refractivity contribution in [3.8, 4) is 5.75 Å². The first-order valence-corrected chi connectivity index (χ1v) is 9.89. The van der Waals surface area contributed by atoms with E-state index in [4.69, 9.17) is 4.74 Å². The monoisotopic (exact) mass is 373 g/mol. The standard InChI is InChI=1S/C23H29F2NO/c1-3-5-6-7-8-9-16-27-21-15-14-20(22(24)23(21)25)26-17-19-12-10-18(4-2)11-13-19/h10-15,17H,3-9,16H2,1-2H3/b26-17-. The van der Waals surface area contributed by atoms with Gasteiger partial charge in [-0.3, -0.25) is 4.99 Å². The van der Waals surface area contributed by atoms with E-state index in [1.54, 1.807) is 0 Å². The summed E-state index contributed by atoms with van der Waals surface area (Å²) in [5.74, 6) is -2.00. The molecular weight excluding hydrogens is 344 g/mol. The first-order chi connectivity index (χ1) is 13.2. The van der Waals surface area contributed by atoms with Crippen molar-refractivity contribution in [3.63, 3.8) is 0 Å². The van der Waals surface area contributed by atoms with Gasteiger partial charge >= 0.3 is 0 Å². The highest BCUT2D eigenvalue weighted by Gasteiger charge is 2.14. The number of aryl methyl sites for hydroxylation is 1. The summed E-state index contributed by atoms with van der Waals surface area (Å²) in [5, 5.41) is 0. The third kappa shape index (κ3) is 6.78. The molecule has 146 valence electrons. The molecule has 0 bridgehead atoms. The van der Waals surface area contributed by atoms with Crippen LogP contribution < -0.4 is 4.74 Å². The van der Waals surface area contributed by atoms with Crippen molar-refractivity contribution in [2.75, 3.05) is 6.61 Å². The van der Waals surface area contributed by atoms with Crippen LogP contribution in [0.3, 0.4) is 0 Å². The summed E-state index contributed by atoms with van der Waals surface area (Å²) >= 11 is 0. The van der Waals surface area contributed by atoms with E-state index < -0.39 is 11.6 Å². The predicted molar refractivity (Wildman–Crippen MR) is 108 cm³/mol. The minimum atomic E-state index is -0.975. The summed E-state index contributed by atoms with van der Waals surface area (Å²) in [6.07, 6.45) is 9.20. The molecule has 2 aromatic rings. The first kappa shape index (κ1) is 21.1. The van der Waals surface area contributed by atoms with Crippen LogP contribution in [0, 0.1) is 11.6 Å². The first-order valence-electron chi connectivity index (χ1n) is 9.89. The molecular formula is C23H29F2NO. The van der Waals surface area contributed by atoms with Crippen molar-refractivity contribution in [2.45, 2.75) is 58.8 Å². The SMILES string of the molecule is CCCCCCCCOc1ccc(/N=C\c2ccc(CC)cc2)c(F)c1F. The summed E-state index contributed by atoms with van der Waals surface area (Å²) < 4.78 is 33.8. The second kappa shape index (κ2) is 11.5. The molecule has 0 aromatic heterocycles. The normalized spacial score (nSPS) is 11.3. The lowest BCUT2D eigenvalue weighted by atomic mass is 10.1. The highest BCUT2D eigenvalue weighted by Crippen LogP contribution is 2.28. The van der Waals surface area contributed by atoms with Crippen LogP contribution in [-0.4, -0.2) is 12.8 Å². The average molecular weight is 373 g/mol. The Labute approximate surface area is 161 Å². The van der Waals surface area contributed by atoms with Crippen LogP contribution in [-0.2, 0) is 6.42 Å². The maximum Gasteiger partial charge on any atom is 0.202 e. The molecule has 0 N–H and O–H groups in total. The molecule has 0 aliphatic rings. The van der Waals surface area contributed by atoms with Crippen LogP contribution in [0.2, 0.25) is 0 Å². The van der Waals surface area contributed by atoms with Gasteiger partial charge < -0.3 is 4.74 Å². The van der Waals surface area contributed by atoms with Gasteiger partial charge in [0.2, 0.25) is 5.82 Å². The second-order valence-electron chi connectivity index (χ2n) is 6.68. The van der Waals surface area contributed by atoms with Crippen LogP contribution >= 0.6 is 0 Å². The Morgan fingerprint density at radius 2 is 1.56 bits per heavy atom. The average Bonchev–Trinajstić information content (AvgIpc) is 2.70. The minimum Gasteiger partial charge on any atom is -0.490 e. The second-order valence-corrected chi connectivity index (χ2v) is 6.68. The Morgan fingerprint density at radius 3 is 2.26 bits per heavy atom. The van der Waals surface area contributed by atoms with Gasteiger partial charge in [-0.1, -0.05) is 70.2 Å². The largest absolute Gasteiger partial charge is 0.490 e. The lowest BCUT2D eigenvalue weighted by Gasteiger charge is -2.08. The van der Waals surface area contributed by atoms with E-state index in [0.717, 1.165) is 31.2 Å². The van der Waals surface area contributed by atoms with E-state index in [-0.39, 0.29) is 11.4 Å². The molecule has 4 heteroatoms. The molecule has 0 atom stereocenters. The Hall–Kier alpha value is -2.23. The number of aliphatic imine (C=N–C) groups is 1. The lowest BCUT2D eigenvalue weighted by molar-refractivity contribution is 0.285. The zero-order valence-corrected chi connectivity index (χ0v) is 16.3. The molecule has 0 unspecified atom stereocenters. The lowest BCUT2D eigenvalue weighted by Crippen LogP contribution is -2.01. The van der Waals surface area contributed by atoms with Gasteiger partial charge in [-0.2, -0.15) is 4.39 Å². The molecule has 0 amide bonds. The van der Waals surface area contributed by atoms with Gasteiger partial charge in [-0.05, 0) is 36.1 Å². The predicted octanol–water partition coefficient (Wildman–Crippen LogP) is 7.02. The number of nitrogens with zero attached hydrogens (tertiary/aromatic N) is 1. The highest BCUT2D eigenvalue weighted by atomic mass is 19.2. The van der Waals surface area contributed by atoms with Crippen LogP contribution in [0.5, 0.6) is 5.75 Å². The van der Waals surface area contributed by atoms with Gasteiger partial charge in [0.1, 0.15) is 5.69 Å². The van der Waals surface area contributed by atoms with Gasteiger partial charge in [0.15, 0.2) is 11.6 Å². The molecule has 0 fully saturated rings. The van der Waals surface area contributed by atoms with Crippen LogP contribution in [0.15, 0.2) is 41.4 Å². The van der Waals surface area contributed by atoms with Crippen LogP contribution in [0.1, 0.15) is 63.5 Å². The Kier molecular flexibility index (Phi) is 8.96. The summed E-state index contributed by atoms with van der Waals surface area (Å²) in [5.41, 5.74) is 2.03. The number of hydrogen-bond acceptors (Lipinski definition) is 2. The molecule has 2 rings (SSSR count). The van der Waals surface area contributed by atoms with E-state index in [0.29, 0.717) is 6.61 Å². The number of hydrogen-bond donors (Lipinski definition) is 0. The Bertz CT molecular complexity index is 726. The number of halogens is 2. The van der Waals surface area contributed by atoms with E-state index in [1.165, 1.54) is 43.2 Å². The summed E-state index contributed by atoms with van der Waals surface area (Å²) in [4.78, 5) is 4.08. The molecule has 2 aromatic carbocycles. The Balaban J connectivity index is 1.90. The molecule has 0 aliphatic heterocycles. The number of unbranched alkanes of at least 4 members (excludes halogenated alkanes) is 5. The third-order valence-corrected chi connectivity index (χ3v) is 4.52.